The summed E-state index contributed by atoms with van der Waals surface area (Å²) in [5, 5.41) is 3.47. The summed E-state index contributed by atoms with van der Waals surface area (Å²) in [5.41, 5.74) is 1.14. The number of nitrogens with zero attached hydrogens (tertiary/aromatic N) is 3. The Hall–Kier alpha value is -1.13. The van der Waals surface area contributed by atoms with Crippen molar-refractivity contribution in [1.82, 2.24) is 15.2 Å². The molecular formula is C17H30N4. The van der Waals surface area contributed by atoms with Gasteiger partial charge in [-0.1, -0.05) is 26.8 Å². The van der Waals surface area contributed by atoms with E-state index < -0.39 is 0 Å². The fourth-order valence-corrected chi connectivity index (χ4v) is 2.75. The molecule has 2 heterocycles. The lowest BCUT2D eigenvalue weighted by atomic mass is 10.2. The van der Waals surface area contributed by atoms with Crippen molar-refractivity contribution in [2.75, 3.05) is 44.2 Å². The van der Waals surface area contributed by atoms with Gasteiger partial charge in [0, 0.05) is 32.7 Å². The molecule has 1 aromatic heterocycles. The van der Waals surface area contributed by atoms with Crippen molar-refractivity contribution in [3.63, 3.8) is 0 Å². The predicted molar refractivity (Wildman–Crippen MR) is 89.7 cm³/mol. The number of rotatable bonds is 7. The van der Waals surface area contributed by atoms with Crippen molar-refractivity contribution < 1.29 is 0 Å². The summed E-state index contributed by atoms with van der Waals surface area (Å²) in [4.78, 5) is 9.77. The second-order valence-electron chi connectivity index (χ2n) is 6.34. The third-order valence-electron chi connectivity index (χ3n) is 3.89. The smallest absolute Gasteiger partial charge is 0.128 e. The Bertz CT molecular complexity index is 411. The van der Waals surface area contributed by atoms with E-state index in [1.165, 1.54) is 13.0 Å². The normalized spacial score (nSPS) is 16.7. The summed E-state index contributed by atoms with van der Waals surface area (Å²) in [6.07, 6.45) is 1.25. The largest absolute Gasteiger partial charge is 0.354 e. The van der Waals surface area contributed by atoms with Crippen molar-refractivity contribution in [3.8, 4) is 0 Å². The maximum Gasteiger partial charge on any atom is 0.128 e. The van der Waals surface area contributed by atoms with Gasteiger partial charge >= 0.3 is 0 Å². The highest BCUT2D eigenvalue weighted by Gasteiger charge is 2.17. The lowest BCUT2D eigenvalue weighted by molar-refractivity contribution is 0.258. The van der Waals surface area contributed by atoms with Crippen molar-refractivity contribution in [2.45, 2.75) is 33.7 Å². The van der Waals surface area contributed by atoms with E-state index >= 15 is 0 Å². The van der Waals surface area contributed by atoms with Gasteiger partial charge in [0.2, 0.25) is 0 Å². The molecule has 4 nitrogen and oxygen atoms in total. The Morgan fingerprint density at radius 3 is 2.62 bits per heavy atom. The first-order valence-corrected chi connectivity index (χ1v) is 8.33. The van der Waals surface area contributed by atoms with Gasteiger partial charge in [0.25, 0.3) is 0 Å². The zero-order valence-electron chi connectivity index (χ0n) is 13.8. The highest BCUT2D eigenvalue weighted by atomic mass is 15.3. The Morgan fingerprint density at radius 2 is 1.95 bits per heavy atom. The molecule has 0 amide bonds. The van der Waals surface area contributed by atoms with Crippen LogP contribution >= 0.6 is 0 Å². The van der Waals surface area contributed by atoms with E-state index in [-0.39, 0.29) is 0 Å². The minimum absolute atomic E-state index is 0.680. The minimum atomic E-state index is 0.680. The number of aromatic nitrogens is 1. The molecule has 1 saturated heterocycles. The molecule has 1 aliphatic rings. The van der Waals surface area contributed by atoms with E-state index in [1.807, 2.05) is 0 Å². The van der Waals surface area contributed by atoms with Crippen LogP contribution in [0.5, 0.6) is 0 Å². The first-order chi connectivity index (χ1) is 10.2. The number of anilines is 1. The van der Waals surface area contributed by atoms with Crippen LogP contribution in [0.3, 0.4) is 0 Å². The number of hydrogen-bond acceptors (Lipinski definition) is 4. The fraction of sp³-hybridized carbons (Fsp3) is 0.706. The SMILES string of the molecule is CCCN1CCN(c2cccc(CNCC(C)C)n2)CC1. The molecule has 0 radical (unpaired) electrons. The third kappa shape index (κ3) is 5.29. The van der Waals surface area contributed by atoms with E-state index in [2.05, 4.69) is 54.1 Å². The van der Waals surface area contributed by atoms with E-state index in [9.17, 15) is 0 Å². The Balaban J connectivity index is 1.86. The molecule has 1 N–H and O–H groups in total. The quantitative estimate of drug-likeness (QED) is 0.835. The molecule has 0 unspecified atom stereocenters. The summed E-state index contributed by atoms with van der Waals surface area (Å²) in [5.74, 6) is 1.81. The summed E-state index contributed by atoms with van der Waals surface area (Å²) < 4.78 is 0. The molecule has 0 saturated carbocycles. The minimum Gasteiger partial charge on any atom is -0.354 e. The number of pyridine rings is 1. The lowest BCUT2D eigenvalue weighted by Gasteiger charge is -2.35. The van der Waals surface area contributed by atoms with Gasteiger partial charge in [0.1, 0.15) is 5.82 Å². The first-order valence-electron chi connectivity index (χ1n) is 8.33. The average Bonchev–Trinajstić information content (AvgIpc) is 2.48. The van der Waals surface area contributed by atoms with E-state index in [0.717, 1.165) is 50.8 Å². The van der Waals surface area contributed by atoms with Gasteiger partial charge in [-0.3, -0.25) is 4.90 Å². The number of piperazine rings is 1. The second-order valence-corrected chi connectivity index (χ2v) is 6.34. The summed E-state index contributed by atoms with van der Waals surface area (Å²) in [6.45, 7) is 14.3. The first kappa shape index (κ1) is 16.2. The van der Waals surface area contributed by atoms with Crippen LogP contribution in [0.1, 0.15) is 32.9 Å². The molecule has 21 heavy (non-hydrogen) atoms. The van der Waals surface area contributed by atoms with E-state index in [0.29, 0.717) is 5.92 Å². The molecule has 0 aliphatic carbocycles. The maximum absolute atomic E-state index is 4.81. The monoisotopic (exact) mass is 290 g/mol. The van der Waals surface area contributed by atoms with Crippen molar-refractivity contribution >= 4 is 5.82 Å². The van der Waals surface area contributed by atoms with Crippen molar-refractivity contribution in [2.24, 2.45) is 5.92 Å². The molecule has 2 rings (SSSR count). The highest BCUT2D eigenvalue weighted by molar-refractivity contribution is 5.39. The molecule has 0 spiro atoms. The zero-order chi connectivity index (χ0) is 15.1. The van der Waals surface area contributed by atoms with Crippen LogP contribution in [-0.2, 0) is 6.54 Å². The van der Waals surface area contributed by atoms with Gasteiger partial charge in [-0.05, 0) is 37.6 Å². The second kappa shape index (κ2) is 8.35. The van der Waals surface area contributed by atoms with Crippen LogP contribution < -0.4 is 10.2 Å². The Kier molecular flexibility index (Phi) is 6.46. The van der Waals surface area contributed by atoms with Gasteiger partial charge < -0.3 is 10.2 Å². The van der Waals surface area contributed by atoms with Crippen LogP contribution in [0.15, 0.2) is 18.2 Å². The molecule has 0 atom stereocenters. The molecule has 1 aromatic rings. The van der Waals surface area contributed by atoms with E-state index in [4.69, 9.17) is 4.98 Å². The van der Waals surface area contributed by atoms with Crippen molar-refractivity contribution in [3.05, 3.63) is 23.9 Å². The summed E-state index contributed by atoms with van der Waals surface area (Å²) in [6, 6.07) is 6.39. The summed E-state index contributed by atoms with van der Waals surface area (Å²) >= 11 is 0. The topological polar surface area (TPSA) is 31.4 Å². The lowest BCUT2D eigenvalue weighted by Crippen LogP contribution is -2.46. The van der Waals surface area contributed by atoms with Crippen LogP contribution in [-0.4, -0.2) is 49.2 Å². The fourth-order valence-electron chi connectivity index (χ4n) is 2.75. The molecular weight excluding hydrogens is 260 g/mol. The third-order valence-corrected chi connectivity index (χ3v) is 3.89. The predicted octanol–water partition coefficient (Wildman–Crippen LogP) is 2.36. The molecule has 0 aromatic carbocycles. The van der Waals surface area contributed by atoms with Crippen LogP contribution in [0.4, 0.5) is 5.82 Å². The zero-order valence-corrected chi connectivity index (χ0v) is 13.8. The van der Waals surface area contributed by atoms with Crippen molar-refractivity contribution in [1.29, 1.82) is 0 Å². The van der Waals surface area contributed by atoms with Crippen LogP contribution in [0, 0.1) is 5.92 Å². The molecule has 1 fully saturated rings. The van der Waals surface area contributed by atoms with Crippen LogP contribution in [0.2, 0.25) is 0 Å². The number of hydrogen-bond donors (Lipinski definition) is 1. The molecule has 118 valence electrons. The highest BCUT2D eigenvalue weighted by Crippen LogP contribution is 2.14. The molecule has 0 bridgehead atoms. The average molecular weight is 290 g/mol. The standard InChI is InChI=1S/C17H30N4/c1-4-8-20-9-11-21(12-10-20)17-7-5-6-16(19-17)14-18-13-15(2)3/h5-7,15,18H,4,8-14H2,1-3H3. The molecule has 4 heteroatoms. The van der Waals surface area contributed by atoms with Crippen LogP contribution in [0.25, 0.3) is 0 Å². The summed E-state index contributed by atoms with van der Waals surface area (Å²) in [7, 11) is 0. The van der Waals surface area contributed by atoms with Gasteiger partial charge in [0.05, 0.1) is 5.69 Å². The Morgan fingerprint density at radius 1 is 1.19 bits per heavy atom. The Labute approximate surface area is 129 Å². The molecule has 1 aliphatic heterocycles. The number of nitrogens with one attached hydrogen (secondary N) is 1. The van der Waals surface area contributed by atoms with Gasteiger partial charge in [-0.2, -0.15) is 0 Å². The van der Waals surface area contributed by atoms with Gasteiger partial charge in [0.15, 0.2) is 0 Å². The van der Waals surface area contributed by atoms with Gasteiger partial charge in [-0.25, -0.2) is 4.98 Å². The van der Waals surface area contributed by atoms with E-state index in [1.54, 1.807) is 0 Å². The maximum atomic E-state index is 4.81. The van der Waals surface area contributed by atoms with Gasteiger partial charge in [-0.15, -0.1) is 0 Å².